The third-order valence-corrected chi connectivity index (χ3v) is 14.0. The van der Waals surface area contributed by atoms with Crippen LogP contribution in [0.5, 0.6) is 0 Å². The van der Waals surface area contributed by atoms with Crippen LogP contribution in [-0.2, 0) is 14.2 Å². The summed E-state index contributed by atoms with van der Waals surface area (Å²) in [6, 6.07) is 0. The van der Waals surface area contributed by atoms with Crippen LogP contribution < -0.4 is 28.7 Å². The summed E-state index contributed by atoms with van der Waals surface area (Å²) in [4.78, 5) is 2.59. The van der Waals surface area contributed by atoms with Crippen molar-refractivity contribution >= 4 is 0 Å². The summed E-state index contributed by atoms with van der Waals surface area (Å²) in [5.74, 6) is 3.75. The fourth-order valence-electron chi connectivity index (χ4n) is 11.4. The van der Waals surface area contributed by atoms with Gasteiger partial charge in [-0.25, -0.2) is 0 Å². The van der Waals surface area contributed by atoms with Gasteiger partial charge in [0, 0.05) is 25.2 Å². The van der Waals surface area contributed by atoms with E-state index in [2.05, 4.69) is 25.7 Å². The molecule has 0 amide bonds. The van der Waals surface area contributed by atoms with Crippen molar-refractivity contribution in [3.63, 3.8) is 0 Å². The molecule has 0 bridgehead atoms. The second-order valence-electron chi connectivity index (χ2n) is 16.7. The minimum atomic E-state index is 0.148. The summed E-state index contributed by atoms with van der Waals surface area (Å²) in [5, 5.41) is 0. The van der Waals surface area contributed by atoms with Gasteiger partial charge in [0.2, 0.25) is 0 Å². The lowest BCUT2D eigenvalue weighted by Crippen LogP contribution is -2.63. The highest BCUT2D eigenvalue weighted by atomic mass is 16.5. The molecule has 4 aliphatic carbocycles. The molecule has 282 valence electrons. The zero-order chi connectivity index (χ0) is 34.6. The summed E-state index contributed by atoms with van der Waals surface area (Å²) in [5.41, 5.74) is 29.9. The van der Waals surface area contributed by atoms with E-state index in [4.69, 9.17) is 42.9 Å². The number of hydrogen-bond donors (Lipinski definition) is 5. The molecule has 9 heteroatoms. The average Bonchev–Trinajstić information content (AvgIpc) is 3.44. The Kier molecular flexibility index (Phi) is 16.9. The molecule has 4 saturated carbocycles. The molecule has 4 unspecified atom stereocenters. The van der Waals surface area contributed by atoms with Crippen LogP contribution in [0, 0.1) is 46.3 Å². The second kappa shape index (κ2) is 20.0. The smallest absolute Gasteiger partial charge is 0.0637 e. The molecule has 11 atom stereocenters. The molecule has 10 N–H and O–H groups in total. The molecule has 0 saturated heterocycles. The third-order valence-electron chi connectivity index (χ3n) is 14.0. The van der Waals surface area contributed by atoms with Gasteiger partial charge in [-0.2, -0.15) is 0 Å². The zero-order valence-electron chi connectivity index (χ0n) is 31.4. The fourth-order valence-corrected chi connectivity index (χ4v) is 11.4. The van der Waals surface area contributed by atoms with Crippen LogP contribution in [-0.4, -0.2) is 95.4 Å². The number of nitrogens with two attached hydrogens (primary N) is 5. The van der Waals surface area contributed by atoms with Crippen molar-refractivity contribution in [2.75, 3.05) is 72.2 Å². The predicted octanol–water partition coefficient (Wildman–Crippen LogP) is 4.48. The van der Waals surface area contributed by atoms with Gasteiger partial charge in [0.05, 0.1) is 18.3 Å². The highest BCUT2D eigenvalue weighted by Crippen LogP contribution is 2.69. The first-order valence-electron chi connectivity index (χ1n) is 20.4. The Hall–Kier alpha value is -0.360. The lowest BCUT2D eigenvalue weighted by molar-refractivity contribution is -0.227. The van der Waals surface area contributed by atoms with E-state index in [1.807, 2.05) is 0 Å². The quantitative estimate of drug-likeness (QED) is 0.0982. The van der Waals surface area contributed by atoms with Gasteiger partial charge in [-0.1, -0.05) is 20.8 Å². The maximum atomic E-state index is 7.04. The van der Waals surface area contributed by atoms with Crippen molar-refractivity contribution in [2.24, 2.45) is 75.0 Å². The van der Waals surface area contributed by atoms with E-state index in [1.54, 1.807) is 0 Å². The Labute approximate surface area is 294 Å². The third kappa shape index (κ3) is 9.54. The summed E-state index contributed by atoms with van der Waals surface area (Å²) < 4.78 is 20.4. The van der Waals surface area contributed by atoms with Crippen LogP contribution in [0.15, 0.2) is 0 Å². The summed E-state index contributed by atoms with van der Waals surface area (Å²) in [7, 11) is 0. The van der Waals surface area contributed by atoms with E-state index >= 15 is 0 Å². The molecule has 0 aromatic carbocycles. The number of ether oxygens (including phenoxy) is 3. The largest absolute Gasteiger partial charge is 0.378 e. The van der Waals surface area contributed by atoms with Crippen molar-refractivity contribution in [3.05, 3.63) is 0 Å². The first-order chi connectivity index (χ1) is 23.3. The fraction of sp³-hybridized carbons (Fsp3) is 1.00. The minimum absolute atomic E-state index is 0.148. The monoisotopic (exact) mass is 679 g/mol. The van der Waals surface area contributed by atoms with E-state index in [9.17, 15) is 0 Å². The molecular weight excluding hydrogens is 600 g/mol. The topological polar surface area (TPSA) is 161 Å². The van der Waals surface area contributed by atoms with Gasteiger partial charge in [0.25, 0.3) is 0 Å². The average molecular weight is 679 g/mol. The van der Waals surface area contributed by atoms with Gasteiger partial charge >= 0.3 is 0 Å². The summed E-state index contributed by atoms with van der Waals surface area (Å²) in [6.07, 6.45) is 16.8. The van der Waals surface area contributed by atoms with Gasteiger partial charge in [-0.3, -0.25) is 0 Å². The Morgan fingerprint density at radius 1 is 0.667 bits per heavy atom. The molecule has 0 aromatic heterocycles. The number of fused-ring (bicyclic) bond motifs is 5. The molecule has 4 aliphatic rings. The molecule has 4 rings (SSSR count). The highest BCUT2D eigenvalue weighted by molar-refractivity contribution is 5.15. The van der Waals surface area contributed by atoms with Gasteiger partial charge < -0.3 is 47.8 Å². The van der Waals surface area contributed by atoms with E-state index in [0.717, 1.165) is 110 Å². The van der Waals surface area contributed by atoms with Crippen molar-refractivity contribution < 1.29 is 14.2 Å². The Morgan fingerprint density at radius 3 is 1.92 bits per heavy atom. The van der Waals surface area contributed by atoms with Gasteiger partial charge in [-0.05, 0) is 183 Å². The van der Waals surface area contributed by atoms with E-state index in [0.29, 0.717) is 72.8 Å². The Balaban J connectivity index is 1.55. The Morgan fingerprint density at radius 2 is 1.27 bits per heavy atom. The van der Waals surface area contributed by atoms with Gasteiger partial charge in [0.1, 0.15) is 0 Å². The van der Waals surface area contributed by atoms with Crippen molar-refractivity contribution in [1.82, 2.24) is 4.90 Å². The van der Waals surface area contributed by atoms with Gasteiger partial charge in [0.15, 0.2) is 0 Å². The second-order valence-corrected chi connectivity index (χ2v) is 16.7. The van der Waals surface area contributed by atoms with Crippen LogP contribution in [0.25, 0.3) is 0 Å². The molecular formula is C39H78N6O3. The number of hydrogen-bond acceptors (Lipinski definition) is 9. The van der Waals surface area contributed by atoms with E-state index in [1.165, 1.54) is 32.1 Å². The maximum absolute atomic E-state index is 7.04. The van der Waals surface area contributed by atoms with E-state index < -0.39 is 0 Å². The van der Waals surface area contributed by atoms with Crippen LogP contribution in [0.1, 0.15) is 111 Å². The Bertz CT molecular complexity index is 892. The van der Waals surface area contributed by atoms with Gasteiger partial charge in [-0.15, -0.1) is 0 Å². The summed E-state index contributed by atoms with van der Waals surface area (Å²) >= 11 is 0. The molecule has 0 aromatic rings. The van der Waals surface area contributed by atoms with E-state index in [-0.39, 0.29) is 11.5 Å². The molecule has 0 radical (unpaired) electrons. The number of nitrogens with zero attached hydrogens (tertiary/aromatic N) is 1. The van der Waals surface area contributed by atoms with Crippen molar-refractivity contribution in [2.45, 2.75) is 129 Å². The normalized spacial score (nSPS) is 36.9. The standard InChI is InChI=1S/C39H78N6O3/c1-29(10-4-20-45(21-5-15-40)22-6-16-41)32-11-12-33-37-34(28-36(39(32,33)3)48-25-9-19-44)38(2)14-13-31(46-23-7-17-42)26-30(38)27-35(37)47-24-8-18-43/h29-37H,4-28,40-44H2,1-3H3/t29-,30?,31-,32-,33+,34+,35?,36+,37?,38?,39-/m1/s1. The van der Waals surface area contributed by atoms with Crippen LogP contribution in [0.2, 0.25) is 0 Å². The highest BCUT2D eigenvalue weighted by Gasteiger charge is 2.66. The van der Waals surface area contributed by atoms with Crippen LogP contribution in [0.4, 0.5) is 0 Å². The molecule has 9 nitrogen and oxygen atoms in total. The molecule has 4 fully saturated rings. The van der Waals surface area contributed by atoms with Crippen molar-refractivity contribution in [1.29, 1.82) is 0 Å². The maximum Gasteiger partial charge on any atom is 0.0637 e. The van der Waals surface area contributed by atoms with Crippen molar-refractivity contribution in [3.8, 4) is 0 Å². The van der Waals surface area contributed by atoms with Crippen LogP contribution in [0.3, 0.4) is 0 Å². The molecule has 0 spiro atoms. The number of rotatable bonds is 23. The lowest BCUT2D eigenvalue weighted by atomic mass is 9.43. The first-order valence-corrected chi connectivity index (χ1v) is 20.4. The lowest BCUT2D eigenvalue weighted by Gasteiger charge is -2.65. The zero-order valence-corrected chi connectivity index (χ0v) is 31.4. The summed E-state index contributed by atoms with van der Waals surface area (Å²) in [6.45, 7) is 17.0. The van der Waals surface area contributed by atoms with Crippen LogP contribution >= 0.6 is 0 Å². The molecule has 0 aliphatic heterocycles. The predicted molar refractivity (Wildman–Crippen MR) is 198 cm³/mol. The SMILES string of the molecule is C[C@H](CCCN(CCCN)CCCN)[C@H]1CC[C@H]2C3C(OCCCN)CC4C[C@H](OCCCN)CCC4(C)[C@H]3C[C@H](OCCCN)[C@]12C. The molecule has 0 heterocycles. The first kappa shape index (κ1) is 40.4. The minimum Gasteiger partial charge on any atom is -0.378 e. The molecule has 48 heavy (non-hydrogen) atoms.